The Morgan fingerprint density at radius 1 is 1.21 bits per heavy atom. The van der Waals surface area contributed by atoms with Gasteiger partial charge in [-0.2, -0.15) is 0 Å². The van der Waals surface area contributed by atoms with Gasteiger partial charge in [0.2, 0.25) is 0 Å². The molecular formula is C14H25NO4. The predicted molar refractivity (Wildman–Crippen MR) is 74.0 cm³/mol. The maximum absolute atomic E-state index is 11.3. The number of carboxylic acids is 1. The summed E-state index contributed by atoms with van der Waals surface area (Å²) in [6.07, 6.45) is 4.91. The van der Waals surface area contributed by atoms with Gasteiger partial charge >= 0.3 is 11.9 Å². The number of unbranched alkanes of at least 4 members (excludes halogenated alkanes) is 1. The van der Waals surface area contributed by atoms with Crippen molar-refractivity contribution in [3.05, 3.63) is 12.2 Å². The number of rotatable bonds is 10. The van der Waals surface area contributed by atoms with Gasteiger partial charge in [0.1, 0.15) is 6.61 Å². The van der Waals surface area contributed by atoms with Crippen LogP contribution in [-0.4, -0.2) is 47.7 Å². The van der Waals surface area contributed by atoms with Crippen LogP contribution < -0.4 is 0 Å². The molecular weight excluding hydrogens is 246 g/mol. The van der Waals surface area contributed by atoms with E-state index in [2.05, 4.69) is 25.7 Å². The van der Waals surface area contributed by atoms with E-state index in [-0.39, 0.29) is 6.04 Å². The predicted octanol–water partition coefficient (Wildman–Crippen LogP) is 2.07. The van der Waals surface area contributed by atoms with Crippen molar-refractivity contribution in [2.24, 2.45) is 0 Å². The molecule has 0 aliphatic rings. The number of hydrogen-bond acceptors (Lipinski definition) is 4. The topological polar surface area (TPSA) is 66.8 Å². The summed E-state index contributed by atoms with van der Waals surface area (Å²) in [5.41, 5.74) is 0. The summed E-state index contributed by atoms with van der Waals surface area (Å²) >= 11 is 0. The minimum absolute atomic E-state index is 0.206. The van der Waals surface area contributed by atoms with Crippen LogP contribution in [0.3, 0.4) is 0 Å². The number of aliphatic carboxylic acids is 1. The van der Waals surface area contributed by atoms with Crippen LogP contribution in [0.5, 0.6) is 0 Å². The molecule has 110 valence electrons. The molecule has 0 radical (unpaired) electrons. The van der Waals surface area contributed by atoms with Crippen LogP contribution in [0.4, 0.5) is 0 Å². The quantitative estimate of drug-likeness (QED) is 0.486. The molecule has 0 bridgehead atoms. The van der Waals surface area contributed by atoms with E-state index in [1.807, 2.05) is 0 Å². The fourth-order valence-corrected chi connectivity index (χ4v) is 1.92. The summed E-state index contributed by atoms with van der Waals surface area (Å²) in [6, 6.07) is 0.206. The van der Waals surface area contributed by atoms with Gasteiger partial charge in [0.05, 0.1) is 0 Å². The van der Waals surface area contributed by atoms with E-state index >= 15 is 0 Å². The maximum atomic E-state index is 11.3. The van der Waals surface area contributed by atoms with Crippen LogP contribution >= 0.6 is 0 Å². The normalized spacial score (nSPS) is 12.8. The molecule has 0 aromatic heterocycles. The van der Waals surface area contributed by atoms with Gasteiger partial charge in [-0.25, -0.2) is 9.59 Å². The van der Waals surface area contributed by atoms with Gasteiger partial charge in [-0.1, -0.05) is 33.6 Å². The highest BCUT2D eigenvalue weighted by atomic mass is 16.5. The number of hydrogen-bond donors (Lipinski definition) is 1. The largest absolute Gasteiger partial charge is 0.478 e. The number of esters is 1. The minimum atomic E-state index is -1.15. The van der Waals surface area contributed by atoms with Gasteiger partial charge in [-0.3, -0.25) is 4.90 Å². The lowest BCUT2D eigenvalue weighted by Crippen LogP contribution is -2.39. The van der Waals surface area contributed by atoms with Gasteiger partial charge < -0.3 is 9.84 Å². The Labute approximate surface area is 115 Å². The highest BCUT2D eigenvalue weighted by Crippen LogP contribution is 2.09. The first kappa shape index (κ1) is 17.6. The van der Waals surface area contributed by atoms with Crippen molar-refractivity contribution in [1.29, 1.82) is 0 Å². The molecule has 1 unspecified atom stereocenters. The second kappa shape index (κ2) is 10.6. The van der Waals surface area contributed by atoms with Crippen molar-refractivity contribution in [2.75, 3.05) is 19.7 Å². The van der Waals surface area contributed by atoms with E-state index in [0.29, 0.717) is 6.61 Å². The first-order valence-corrected chi connectivity index (χ1v) is 6.86. The Balaban J connectivity index is 4.31. The van der Waals surface area contributed by atoms with Crippen molar-refractivity contribution in [2.45, 2.75) is 46.1 Å². The van der Waals surface area contributed by atoms with Gasteiger partial charge in [0, 0.05) is 18.2 Å². The SMILES string of the molecule is CCCCC(COC(=O)C=CC(=O)O)N(CC)CC. The average molecular weight is 271 g/mol. The second-order valence-electron chi connectivity index (χ2n) is 4.32. The van der Waals surface area contributed by atoms with E-state index in [9.17, 15) is 9.59 Å². The first-order chi connectivity index (χ1) is 9.04. The zero-order valence-corrected chi connectivity index (χ0v) is 12.1. The Morgan fingerprint density at radius 3 is 2.32 bits per heavy atom. The number of likely N-dealkylation sites (N-methyl/N-ethyl adjacent to an activating group) is 1. The van der Waals surface area contributed by atoms with E-state index in [4.69, 9.17) is 9.84 Å². The van der Waals surface area contributed by atoms with Gasteiger partial charge in [0.25, 0.3) is 0 Å². The molecule has 0 fully saturated rings. The van der Waals surface area contributed by atoms with Crippen molar-refractivity contribution >= 4 is 11.9 Å². The summed E-state index contributed by atoms with van der Waals surface area (Å²) in [7, 11) is 0. The van der Waals surface area contributed by atoms with Crippen molar-refractivity contribution in [3.63, 3.8) is 0 Å². The van der Waals surface area contributed by atoms with Crippen LogP contribution in [0.2, 0.25) is 0 Å². The lowest BCUT2D eigenvalue weighted by molar-refractivity contribution is -0.140. The molecule has 5 heteroatoms. The van der Waals surface area contributed by atoms with E-state index in [1.165, 1.54) is 0 Å². The molecule has 1 atom stereocenters. The molecule has 0 spiro atoms. The minimum Gasteiger partial charge on any atom is -0.478 e. The first-order valence-electron chi connectivity index (χ1n) is 6.86. The van der Waals surface area contributed by atoms with E-state index in [1.54, 1.807) is 0 Å². The van der Waals surface area contributed by atoms with Crippen LogP contribution in [0, 0.1) is 0 Å². The van der Waals surface area contributed by atoms with E-state index in [0.717, 1.165) is 44.5 Å². The monoisotopic (exact) mass is 271 g/mol. The summed E-state index contributed by atoms with van der Waals surface area (Å²) in [5.74, 6) is -1.75. The number of carbonyl (C=O) groups excluding carboxylic acids is 1. The van der Waals surface area contributed by atoms with Gasteiger partial charge in [-0.05, 0) is 19.5 Å². The van der Waals surface area contributed by atoms with Crippen molar-refractivity contribution < 1.29 is 19.4 Å². The Hall–Kier alpha value is -1.36. The average Bonchev–Trinajstić information content (AvgIpc) is 2.39. The molecule has 19 heavy (non-hydrogen) atoms. The fraction of sp³-hybridized carbons (Fsp3) is 0.714. The van der Waals surface area contributed by atoms with Gasteiger partial charge in [-0.15, -0.1) is 0 Å². The highest BCUT2D eigenvalue weighted by molar-refractivity contribution is 5.90. The molecule has 5 nitrogen and oxygen atoms in total. The summed E-state index contributed by atoms with van der Waals surface area (Å²) < 4.78 is 5.11. The standard InChI is InChI=1S/C14H25NO4/c1-4-7-8-12(15(5-2)6-3)11-19-14(18)10-9-13(16)17/h9-10,12H,4-8,11H2,1-3H3,(H,16,17). The summed E-state index contributed by atoms with van der Waals surface area (Å²) in [4.78, 5) is 23.9. The lowest BCUT2D eigenvalue weighted by atomic mass is 10.1. The molecule has 0 aliphatic heterocycles. The molecule has 0 rings (SSSR count). The molecule has 1 N–H and O–H groups in total. The number of ether oxygens (including phenoxy) is 1. The molecule has 0 aromatic rings. The molecule has 0 saturated carbocycles. The summed E-state index contributed by atoms with van der Waals surface area (Å²) in [5, 5.41) is 8.42. The van der Waals surface area contributed by atoms with Crippen LogP contribution in [0.25, 0.3) is 0 Å². The highest BCUT2D eigenvalue weighted by Gasteiger charge is 2.16. The third-order valence-corrected chi connectivity index (χ3v) is 3.00. The third-order valence-electron chi connectivity index (χ3n) is 3.00. The van der Waals surface area contributed by atoms with E-state index < -0.39 is 11.9 Å². The zero-order chi connectivity index (χ0) is 14.7. The second-order valence-corrected chi connectivity index (χ2v) is 4.32. The van der Waals surface area contributed by atoms with Crippen molar-refractivity contribution in [3.8, 4) is 0 Å². The molecule has 0 saturated heterocycles. The smallest absolute Gasteiger partial charge is 0.331 e. The maximum Gasteiger partial charge on any atom is 0.331 e. The van der Waals surface area contributed by atoms with Crippen LogP contribution in [0.1, 0.15) is 40.0 Å². The molecule has 0 heterocycles. The van der Waals surface area contributed by atoms with Gasteiger partial charge in [0.15, 0.2) is 0 Å². The molecule has 0 aliphatic carbocycles. The Morgan fingerprint density at radius 2 is 1.84 bits per heavy atom. The molecule has 0 aromatic carbocycles. The number of nitrogens with zero attached hydrogens (tertiary/aromatic N) is 1. The fourth-order valence-electron chi connectivity index (χ4n) is 1.92. The Bertz CT molecular complexity index is 298. The lowest BCUT2D eigenvalue weighted by Gasteiger charge is -2.29. The number of carbonyl (C=O) groups is 2. The van der Waals surface area contributed by atoms with Crippen LogP contribution in [0.15, 0.2) is 12.2 Å². The molecule has 0 amide bonds. The number of carboxylic acid groups (broad SMARTS) is 1. The third kappa shape index (κ3) is 8.37. The summed E-state index contributed by atoms with van der Waals surface area (Å²) in [6.45, 7) is 8.41. The van der Waals surface area contributed by atoms with Crippen LogP contribution in [-0.2, 0) is 14.3 Å². The Kier molecular flexibility index (Phi) is 9.80. The zero-order valence-electron chi connectivity index (χ0n) is 12.1. The van der Waals surface area contributed by atoms with Crippen molar-refractivity contribution in [1.82, 2.24) is 4.90 Å².